The van der Waals surface area contributed by atoms with Crippen LogP contribution in [-0.4, -0.2) is 53.8 Å². The number of rotatable bonds is 4. The molecule has 0 spiro atoms. The van der Waals surface area contributed by atoms with Crippen LogP contribution in [0.1, 0.15) is 33.6 Å². The Morgan fingerprint density at radius 3 is 2.27 bits per heavy atom. The van der Waals surface area contributed by atoms with E-state index in [0.29, 0.717) is 0 Å². The summed E-state index contributed by atoms with van der Waals surface area (Å²) < 4.78 is 0.142. The molecule has 1 fully saturated rings. The van der Waals surface area contributed by atoms with Gasteiger partial charge < -0.3 is 9.80 Å². The van der Waals surface area contributed by atoms with Crippen LogP contribution in [0.15, 0.2) is 0 Å². The molecule has 3 heteroatoms. The fraction of sp³-hybridized carbons (Fsp3) is 1.00. The molecule has 0 saturated carbocycles. The van der Waals surface area contributed by atoms with E-state index < -0.39 is 0 Å². The summed E-state index contributed by atoms with van der Waals surface area (Å²) in [6.45, 7) is 11.4. The van der Waals surface area contributed by atoms with Crippen molar-refractivity contribution in [1.82, 2.24) is 9.80 Å². The smallest absolute Gasteiger partial charge is 0.0200 e. The number of likely N-dealkylation sites (tertiary alicyclic amines) is 1. The number of piperidine rings is 1. The van der Waals surface area contributed by atoms with E-state index in [1.54, 1.807) is 0 Å². The zero-order valence-electron chi connectivity index (χ0n) is 10.7. The largest absolute Gasteiger partial charge is 0.304 e. The molecule has 0 atom stereocenters. The molecule has 1 saturated heterocycles. The summed E-state index contributed by atoms with van der Waals surface area (Å²) in [6, 6.07) is 0.800. The van der Waals surface area contributed by atoms with E-state index >= 15 is 0 Å². The Balaban J connectivity index is 2.30. The predicted molar refractivity (Wildman–Crippen MR) is 70.8 cm³/mol. The zero-order chi connectivity index (χ0) is 11.5. The fourth-order valence-electron chi connectivity index (χ4n) is 2.32. The van der Waals surface area contributed by atoms with E-state index in [4.69, 9.17) is 0 Å². The monoisotopic (exact) mass is 230 g/mol. The number of thiol groups is 1. The van der Waals surface area contributed by atoms with Gasteiger partial charge in [0.05, 0.1) is 0 Å². The van der Waals surface area contributed by atoms with Crippen molar-refractivity contribution in [2.45, 2.75) is 44.4 Å². The Kier molecular flexibility index (Phi) is 4.94. The third-order valence-electron chi connectivity index (χ3n) is 3.29. The second-order valence-electron chi connectivity index (χ2n) is 5.39. The van der Waals surface area contributed by atoms with Crippen molar-refractivity contribution in [3.8, 4) is 0 Å². The number of nitrogens with zero attached hydrogens (tertiary/aromatic N) is 2. The Hall–Kier alpha value is 0.270. The molecule has 1 heterocycles. The lowest BCUT2D eigenvalue weighted by Gasteiger charge is -2.38. The highest BCUT2D eigenvalue weighted by molar-refractivity contribution is 7.81. The molecule has 0 aliphatic carbocycles. The maximum atomic E-state index is 4.59. The first-order chi connectivity index (χ1) is 6.92. The van der Waals surface area contributed by atoms with Crippen LogP contribution in [0.25, 0.3) is 0 Å². The minimum absolute atomic E-state index is 0.142. The minimum atomic E-state index is 0.142. The van der Waals surface area contributed by atoms with Crippen LogP contribution in [0.4, 0.5) is 0 Å². The SMILES string of the molecule is CCN(C)C1CCN(CC(C)(C)S)CC1. The normalized spacial score (nSPS) is 21.2. The van der Waals surface area contributed by atoms with Gasteiger partial charge in [0, 0.05) is 17.3 Å². The fourth-order valence-corrected chi connectivity index (χ4v) is 2.52. The third-order valence-corrected chi connectivity index (χ3v) is 3.43. The summed E-state index contributed by atoms with van der Waals surface area (Å²) in [4.78, 5) is 5.02. The molecule has 0 amide bonds. The maximum absolute atomic E-state index is 4.59. The van der Waals surface area contributed by atoms with Crippen molar-refractivity contribution in [1.29, 1.82) is 0 Å². The molecule has 0 aromatic heterocycles. The summed E-state index contributed by atoms with van der Waals surface area (Å²) in [6.07, 6.45) is 2.63. The third kappa shape index (κ3) is 4.75. The average Bonchev–Trinajstić information content (AvgIpc) is 2.15. The van der Waals surface area contributed by atoms with Gasteiger partial charge >= 0.3 is 0 Å². The molecule has 0 radical (unpaired) electrons. The van der Waals surface area contributed by atoms with Gasteiger partial charge in [-0.15, -0.1) is 0 Å². The molecule has 1 aliphatic heterocycles. The Labute approximate surface area is 100 Å². The van der Waals surface area contributed by atoms with Crippen LogP contribution in [0.5, 0.6) is 0 Å². The van der Waals surface area contributed by atoms with Crippen LogP contribution in [0, 0.1) is 0 Å². The van der Waals surface area contributed by atoms with Gasteiger partial charge in [0.2, 0.25) is 0 Å². The molecule has 0 N–H and O–H groups in total. The van der Waals surface area contributed by atoms with E-state index in [0.717, 1.165) is 12.6 Å². The highest BCUT2D eigenvalue weighted by Gasteiger charge is 2.24. The first kappa shape index (κ1) is 13.3. The molecular weight excluding hydrogens is 204 g/mol. The summed E-state index contributed by atoms with van der Waals surface area (Å²) in [5.74, 6) is 0. The van der Waals surface area contributed by atoms with Crippen LogP contribution in [0.3, 0.4) is 0 Å². The molecule has 2 nitrogen and oxygen atoms in total. The van der Waals surface area contributed by atoms with Gasteiger partial charge in [0.15, 0.2) is 0 Å². The molecule has 0 aromatic rings. The second-order valence-corrected chi connectivity index (χ2v) is 6.60. The highest BCUT2D eigenvalue weighted by atomic mass is 32.1. The maximum Gasteiger partial charge on any atom is 0.0200 e. The van der Waals surface area contributed by atoms with Crippen LogP contribution < -0.4 is 0 Å². The standard InChI is InChI=1S/C12H26N2S/c1-5-13(4)11-6-8-14(9-7-11)10-12(2,3)15/h11,15H,5-10H2,1-4H3. The first-order valence-corrected chi connectivity index (χ1v) is 6.52. The predicted octanol–water partition coefficient (Wildman–Crippen LogP) is 2.11. The van der Waals surface area contributed by atoms with Crippen LogP contribution in [-0.2, 0) is 0 Å². The molecule has 90 valence electrons. The molecule has 0 bridgehead atoms. The van der Waals surface area contributed by atoms with Crippen LogP contribution in [0.2, 0.25) is 0 Å². The van der Waals surface area contributed by atoms with Crippen molar-refractivity contribution in [3.63, 3.8) is 0 Å². The number of hydrogen-bond donors (Lipinski definition) is 1. The Morgan fingerprint density at radius 1 is 1.33 bits per heavy atom. The minimum Gasteiger partial charge on any atom is -0.304 e. The summed E-state index contributed by atoms with van der Waals surface area (Å²) >= 11 is 4.59. The van der Waals surface area contributed by atoms with Gasteiger partial charge in [-0.05, 0) is 53.4 Å². The summed E-state index contributed by atoms with van der Waals surface area (Å²) in [5.41, 5.74) is 0. The van der Waals surface area contributed by atoms with Crippen molar-refractivity contribution in [2.75, 3.05) is 33.2 Å². The molecule has 1 aliphatic rings. The van der Waals surface area contributed by atoms with Crippen LogP contribution >= 0.6 is 12.6 Å². The molecule has 15 heavy (non-hydrogen) atoms. The lowest BCUT2D eigenvalue weighted by atomic mass is 10.0. The topological polar surface area (TPSA) is 6.48 Å². The molecule has 0 unspecified atom stereocenters. The molecule has 0 aromatic carbocycles. The van der Waals surface area contributed by atoms with Gasteiger partial charge in [0.25, 0.3) is 0 Å². The van der Waals surface area contributed by atoms with Crippen molar-refractivity contribution < 1.29 is 0 Å². The first-order valence-electron chi connectivity index (χ1n) is 6.07. The summed E-state index contributed by atoms with van der Waals surface area (Å²) in [7, 11) is 2.24. The van der Waals surface area contributed by atoms with E-state index in [9.17, 15) is 0 Å². The van der Waals surface area contributed by atoms with E-state index in [1.165, 1.54) is 32.5 Å². The van der Waals surface area contributed by atoms with E-state index in [-0.39, 0.29) is 4.75 Å². The van der Waals surface area contributed by atoms with Gasteiger partial charge in [-0.3, -0.25) is 0 Å². The number of hydrogen-bond acceptors (Lipinski definition) is 3. The van der Waals surface area contributed by atoms with Crippen molar-refractivity contribution in [2.24, 2.45) is 0 Å². The second kappa shape index (κ2) is 5.55. The van der Waals surface area contributed by atoms with Gasteiger partial charge in [-0.2, -0.15) is 12.6 Å². The van der Waals surface area contributed by atoms with Crippen molar-refractivity contribution in [3.05, 3.63) is 0 Å². The lowest BCUT2D eigenvalue weighted by Crippen LogP contribution is -2.46. The summed E-state index contributed by atoms with van der Waals surface area (Å²) in [5, 5.41) is 0. The van der Waals surface area contributed by atoms with Crippen molar-refractivity contribution >= 4 is 12.6 Å². The Morgan fingerprint density at radius 2 is 1.87 bits per heavy atom. The van der Waals surface area contributed by atoms with E-state index in [1.807, 2.05) is 0 Å². The van der Waals surface area contributed by atoms with Gasteiger partial charge in [-0.1, -0.05) is 6.92 Å². The highest BCUT2D eigenvalue weighted by Crippen LogP contribution is 2.19. The van der Waals surface area contributed by atoms with Gasteiger partial charge in [-0.25, -0.2) is 0 Å². The Bertz CT molecular complexity index is 181. The lowest BCUT2D eigenvalue weighted by molar-refractivity contribution is 0.127. The quantitative estimate of drug-likeness (QED) is 0.739. The van der Waals surface area contributed by atoms with Gasteiger partial charge in [0.1, 0.15) is 0 Å². The molecular formula is C12H26N2S. The zero-order valence-corrected chi connectivity index (χ0v) is 11.6. The molecule has 1 rings (SSSR count). The van der Waals surface area contributed by atoms with E-state index in [2.05, 4.69) is 50.2 Å². The average molecular weight is 230 g/mol.